The Kier molecular flexibility index (Phi) is 6.06. The van der Waals surface area contributed by atoms with Crippen LogP contribution in [0, 0.1) is 0 Å². The molecule has 0 saturated heterocycles. The largest absolute Gasteiger partial charge is 0.396 e. The van der Waals surface area contributed by atoms with Gasteiger partial charge in [-0.15, -0.1) is 0 Å². The molecular formula is C34H26N4O3. The number of H-pyrrole nitrogens is 1. The van der Waals surface area contributed by atoms with Gasteiger partial charge >= 0.3 is 0 Å². The first-order chi connectivity index (χ1) is 20.2. The lowest BCUT2D eigenvalue weighted by atomic mass is 9.96. The van der Waals surface area contributed by atoms with Crippen LogP contribution in [0.15, 0.2) is 103 Å². The lowest BCUT2D eigenvalue weighted by Gasteiger charge is -2.07. The van der Waals surface area contributed by atoms with E-state index in [1.54, 1.807) is 6.20 Å². The van der Waals surface area contributed by atoms with Crippen LogP contribution in [0.25, 0.3) is 60.6 Å². The molecule has 0 aliphatic carbocycles. The number of fused-ring (bicyclic) bond motifs is 3. The number of aryl methyl sites for hydroxylation is 1. The second-order valence-corrected chi connectivity index (χ2v) is 10.1. The highest BCUT2D eigenvalue weighted by Gasteiger charge is 2.26. The van der Waals surface area contributed by atoms with Crippen LogP contribution < -0.4 is 0 Å². The van der Waals surface area contributed by atoms with Crippen molar-refractivity contribution in [1.29, 1.82) is 0 Å². The second kappa shape index (κ2) is 10.0. The Morgan fingerprint density at radius 2 is 1.59 bits per heavy atom. The second-order valence-electron chi connectivity index (χ2n) is 10.1. The van der Waals surface area contributed by atoms with Gasteiger partial charge in [-0.1, -0.05) is 66.7 Å². The normalized spacial score (nSPS) is 11.5. The molecule has 4 aromatic carbocycles. The van der Waals surface area contributed by atoms with Crippen molar-refractivity contribution in [1.82, 2.24) is 19.3 Å². The minimum atomic E-state index is -0.627. The first kappa shape index (κ1) is 24.7. The first-order valence-electron chi connectivity index (χ1n) is 13.5. The average Bonchev–Trinajstić information content (AvgIpc) is 3.73. The number of aromatic nitrogens is 4. The maximum Gasteiger partial charge on any atom is 0.242 e. The number of hydrogen-bond acceptors (Lipinski definition) is 4. The molecule has 0 fully saturated rings. The van der Waals surface area contributed by atoms with E-state index in [1.165, 1.54) is 0 Å². The predicted molar refractivity (Wildman–Crippen MR) is 161 cm³/mol. The molecule has 0 radical (unpaired) electrons. The minimum Gasteiger partial charge on any atom is -0.396 e. The smallest absolute Gasteiger partial charge is 0.242 e. The molecule has 200 valence electrons. The fourth-order valence-corrected chi connectivity index (χ4v) is 5.78. The molecule has 3 heterocycles. The van der Waals surface area contributed by atoms with Crippen molar-refractivity contribution in [2.45, 2.75) is 13.0 Å². The summed E-state index contributed by atoms with van der Waals surface area (Å²) in [5.41, 5.74) is 6.03. The lowest BCUT2D eigenvalue weighted by molar-refractivity contribution is -0.104. The molecule has 0 bridgehead atoms. The molecule has 0 atom stereocenters. The summed E-state index contributed by atoms with van der Waals surface area (Å²) >= 11 is 0. The summed E-state index contributed by atoms with van der Waals surface area (Å²) in [5.74, 6) is -0.627. The maximum absolute atomic E-state index is 13.0. The number of benzene rings is 4. The van der Waals surface area contributed by atoms with Gasteiger partial charge in [-0.25, -0.2) is 0 Å². The van der Waals surface area contributed by atoms with Crippen molar-refractivity contribution in [2.75, 3.05) is 6.61 Å². The highest BCUT2D eigenvalue weighted by molar-refractivity contribution is 6.35. The summed E-state index contributed by atoms with van der Waals surface area (Å²) in [4.78, 5) is 27.8. The van der Waals surface area contributed by atoms with Gasteiger partial charge in [0.2, 0.25) is 5.78 Å². The van der Waals surface area contributed by atoms with Crippen LogP contribution in [0.2, 0.25) is 0 Å². The average molecular weight is 539 g/mol. The number of nitrogens with one attached hydrogen (secondary N) is 1. The topological polar surface area (TPSA) is 92.9 Å². The molecule has 0 spiro atoms. The number of para-hydroxylation sites is 2. The summed E-state index contributed by atoms with van der Waals surface area (Å²) < 4.78 is 4.01. The number of hydrogen-bond donors (Lipinski definition) is 2. The maximum atomic E-state index is 13.0. The van der Waals surface area contributed by atoms with E-state index >= 15 is 0 Å². The molecule has 2 N–H and O–H groups in total. The molecule has 0 amide bonds. The van der Waals surface area contributed by atoms with Crippen LogP contribution in [0.4, 0.5) is 0 Å². The van der Waals surface area contributed by atoms with Crippen molar-refractivity contribution in [3.63, 3.8) is 0 Å². The Bertz CT molecular complexity index is 2100. The van der Waals surface area contributed by atoms with Crippen LogP contribution >= 0.6 is 0 Å². The quantitative estimate of drug-likeness (QED) is 0.130. The summed E-state index contributed by atoms with van der Waals surface area (Å²) in [5, 5.41) is 18.5. The molecule has 0 unspecified atom stereocenters. The van der Waals surface area contributed by atoms with Gasteiger partial charge in [0.15, 0.2) is 6.29 Å². The summed E-state index contributed by atoms with van der Waals surface area (Å²) in [6.45, 7) is 0.614. The van der Waals surface area contributed by atoms with E-state index < -0.39 is 5.78 Å². The Balaban J connectivity index is 1.50. The van der Waals surface area contributed by atoms with Crippen LogP contribution in [0.1, 0.15) is 16.9 Å². The molecule has 0 saturated carbocycles. The number of carbonyl (C=O) groups is 2. The molecular weight excluding hydrogens is 512 g/mol. The van der Waals surface area contributed by atoms with Crippen molar-refractivity contribution in [2.24, 2.45) is 0 Å². The fraction of sp³-hybridized carbons (Fsp3) is 0.0882. The van der Waals surface area contributed by atoms with E-state index in [0.717, 1.165) is 49.4 Å². The fourth-order valence-electron chi connectivity index (χ4n) is 5.78. The molecule has 7 rings (SSSR count). The van der Waals surface area contributed by atoms with Crippen LogP contribution in [0.5, 0.6) is 0 Å². The van der Waals surface area contributed by atoms with Crippen LogP contribution in [-0.4, -0.2) is 43.1 Å². The lowest BCUT2D eigenvalue weighted by Crippen LogP contribution is -2.03. The SMILES string of the molecule is O=CC(=O)c1[nH]cc(-c2nn(CCCO)c3ccccc23)c1-c1cn(-c2ccc3ccccc3c2)c2ccccc12. The van der Waals surface area contributed by atoms with E-state index in [0.29, 0.717) is 30.5 Å². The highest BCUT2D eigenvalue weighted by Crippen LogP contribution is 2.42. The van der Waals surface area contributed by atoms with Gasteiger partial charge in [-0.3, -0.25) is 14.3 Å². The van der Waals surface area contributed by atoms with Gasteiger partial charge in [0.05, 0.1) is 16.7 Å². The zero-order valence-corrected chi connectivity index (χ0v) is 22.1. The Morgan fingerprint density at radius 1 is 0.854 bits per heavy atom. The van der Waals surface area contributed by atoms with Gasteiger partial charge in [-0.2, -0.15) is 5.10 Å². The van der Waals surface area contributed by atoms with Gasteiger partial charge in [0.25, 0.3) is 0 Å². The number of aromatic amines is 1. The number of aldehydes is 1. The van der Waals surface area contributed by atoms with Gasteiger partial charge < -0.3 is 14.7 Å². The summed E-state index contributed by atoms with van der Waals surface area (Å²) in [7, 11) is 0. The van der Waals surface area contributed by atoms with Crippen LogP contribution in [0.3, 0.4) is 0 Å². The third-order valence-electron chi connectivity index (χ3n) is 7.67. The molecule has 7 aromatic rings. The van der Waals surface area contributed by atoms with Crippen molar-refractivity contribution >= 4 is 44.6 Å². The zero-order valence-electron chi connectivity index (χ0n) is 22.1. The minimum absolute atomic E-state index is 0.0607. The molecule has 3 aromatic heterocycles. The standard InChI is InChI=1S/C34H26N4O3/c39-17-7-16-38-30-13-6-4-11-26(30)33(36-38)27-19-35-34(31(41)21-40)32(27)28-20-37(29-12-5-3-10-25(28)29)24-15-14-22-8-1-2-9-23(22)18-24/h1-6,8-15,18-21,35,39H,7,16-17H2. The van der Waals surface area contributed by atoms with Crippen molar-refractivity contribution in [3.05, 3.63) is 109 Å². The Morgan fingerprint density at radius 3 is 2.39 bits per heavy atom. The summed E-state index contributed by atoms with van der Waals surface area (Å²) in [6, 6.07) is 30.6. The van der Waals surface area contributed by atoms with E-state index in [4.69, 9.17) is 5.10 Å². The van der Waals surface area contributed by atoms with E-state index in [2.05, 4.69) is 45.9 Å². The monoisotopic (exact) mass is 538 g/mol. The van der Waals surface area contributed by atoms with E-state index in [1.807, 2.05) is 65.5 Å². The number of rotatable bonds is 8. The molecule has 0 aliphatic rings. The van der Waals surface area contributed by atoms with E-state index in [-0.39, 0.29) is 12.3 Å². The Labute approximate surface area is 235 Å². The molecule has 7 heteroatoms. The predicted octanol–water partition coefficient (Wildman–Crippen LogP) is 6.56. The Hall–Kier alpha value is -5.27. The summed E-state index contributed by atoms with van der Waals surface area (Å²) in [6.07, 6.45) is 4.71. The number of aliphatic hydroxyl groups is 1. The highest BCUT2D eigenvalue weighted by atomic mass is 16.3. The molecule has 0 aliphatic heterocycles. The van der Waals surface area contributed by atoms with Crippen molar-refractivity contribution in [3.8, 4) is 28.1 Å². The number of Topliss-reactive ketones (excluding diaryl/α,β-unsaturated/α-hetero) is 1. The molecule has 41 heavy (non-hydrogen) atoms. The molecule has 7 nitrogen and oxygen atoms in total. The van der Waals surface area contributed by atoms with Gasteiger partial charge in [0, 0.05) is 58.7 Å². The number of carbonyl (C=O) groups excluding carboxylic acids is 2. The number of nitrogens with zero attached hydrogens (tertiary/aromatic N) is 3. The van der Waals surface area contributed by atoms with Crippen molar-refractivity contribution < 1.29 is 14.7 Å². The van der Waals surface area contributed by atoms with E-state index in [9.17, 15) is 14.7 Å². The van der Waals surface area contributed by atoms with Gasteiger partial charge in [-0.05, 0) is 41.5 Å². The van der Waals surface area contributed by atoms with Crippen LogP contribution in [-0.2, 0) is 11.3 Å². The first-order valence-corrected chi connectivity index (χ1v) is 13.5. The zero-order chi connectivity index (χ0) is 27.9. The third kappa shape index (κ3) is 4.06. The third-order valence-corrected chi connectivity index (χ3v) is 7.67. The van der Waals surface area contributed by atoms with Gasteiger partial charge in [0.1, 0.15) is 5.69 Å². The number of aliphatic hydroxyl groups excluding tert-OH is 1. The number of ketones is 1.